The molecule has 0 rings (SSSR count). The summed E-state index contributed by atoms with van der Waals surface area (Å²) in [7, 11) is 0. The van der Waals surface area contributed by atoms with Crippen LogP contribution in [0.4, 0.5) is 0 Å². The molecule has 27 heteroatoms. The summed E-state index contributed by atoms with van der Waals surface area (Å²) >= 11 is 1.31. The first-order valence-corrected chi connectivity index (χ1v) is 27.3. The Kier molecular flexibility index (Phi) is 51.9. The van der Waals surface area contributed by atoms with Crippen LogP contribution in [0.3, 0.4) is 0 Å². The van der Waals surface area contributed by atoms with Gasteiger partial charge < -0.3 is 94.4 Å². The van der Waals surface area contributed by atoms with E-state index in [1.54, 1.807) is 55.4 Å². The van der Waals surface area contributed by atoms with Crippen molar-refractivity contribution >= 4 is 53.5 Å². The van der Waals surface area contributed by atoms with Crippen LogP contribution < -0.4 is 0 Å². The number of aliphatic hydroxyl groups excluding tert-OH is 12. The van der Waals surface area contributed by atoms with Gasteiger partial charge in [-0.15, -0.1) is 0 Å². The summed E-state index contributed by atoms with van der Waals surface area (Å²) in [6.45, 7) is 19.9. The first kappa shape index (κ1) is 84.0. The molecule has 0 radical (unpaired) electrons. The average Bonchev–Trinajstić information content (AvgIpc) is 3.44. The molecular weight excluding hydrogens is 1070 g/mol. The van der Waals surface area contributed by atoms with Crippen molar-refractivity contribution in [3.05, 3.63) is 0 Å². The van der Waals surface area contributed by atoms with Gasteiger partial charge in [-0.25, -0.2) is 4.79 Å². The van der Waals surface area contributed by atoms with Crippen molar-refractivity contribution in [2.45, 2.75) is 171 Å². The highest BCUT2D eigenvalue weighted by atomic mass is 32.2. The van der Waals surface area contributed by atoms with Gasteiger partial charge in [-0.05, 0) is 73.6 Å². The summed E-state index contributed by atoms with van der Waals surface area (Å²) in [5, 5.41) is 106. The fourth-order valence-electron chi connectivity index (χ4n) is 3.82. The predicted octanol–water partition coefficient (Wildman–Crippen LogP) is -0.254. The summed E-state index contributed by atoms with van der Waals surface area (Å²) < 4.78 is 33.4. The topological polar surface area (TPSA) is 427 Å². The molecule has 9 atom stereocenters. The van der Waals surface area contributed by atoms with Crippen molar-refractivity contribution < 1.29 is 128 Å². The van der Waals surface area contributed by atoms with E-state index in [1.165, 1.54) is 11.8 Å². The molecule has 79 heavy (non-hydrogen) atoms. The Morgan fingerprint density at radius 1 is 0.392 bits per heavy atom. The molecule has 9 unspecified atom stereocenters. The zero-order valence-electron chi connectivity index (χ0n) is 48.8. The van der Waals surface area contributed by atoms with Gasteiger partial charge in [0.15, 0.2) is 6.10 Å². The zero-order chi connectivity index (χ0) is 62.5. The molecule has 0 aliphatic rings. The maximum atomic E-state index is 11.6. The molecule has 0 spiro atoms. The molecule has 0 amide bonds. The van der Waals surface area contributed by atoms with Crippen molar-refractivity contribution in [1.29, 1.82) is 0 Å². The zero-order valence-corrected chi connectivity index (χ0v) is 49.6. The smallest absolute Gasteiger partial charge is 0.337 e. The van der Waals surface area contributed by atoms with Crippen molar-refractivity contribution in [3.8, 4) is 0 Å². The number of hydrogen-bond donors (Lipinski definition) is 12. The van der Waals surface area contributed by atoms with Crippen LogP contribution >= 0.6 is 11.8 Å². The summed E-state index contributed by atoms with van der Waals surface area (Å²) in [4.78, 5) is 78.7. The standard InChI is InChI=1S/C12H22O7.C12H24O5S.C11H20O6.C9H18O4.C8H16O4/c1-4-12(2,3)11(17)19-7-8(14)6-18-10(16)9(15)5-13;1-4-12(2,3)11(16)17-6-10(15)8-18-7-9(14)5-13;1-3-8(2)11(15)16-5-4-10(14)17-7-9(13)6-12;1-4-9(2,3)8(12)13-6-7(11)5-10;1-3-6(2)8(11)12-5-7(10)4-9/h8-9,13-15H,4-7H2,1-3H3;9-10,13-15H,4-8H2,1-3H3;8-9,12-13H,3-7H2,1-2H3;7,10-11H,4-6H2,1-3H3;6-7,9-10H,3-5H2,1-2H3. The largest absolute Gasteiger partial charge is 0.465 e. The average molecular weight is 1170 g/mol. The van der Waals surface area contributed by atoms with Crippen LogP contribution in [-0.4, -0.2) is 237 Å². The number of rotatable bonds is 35. The van der Waals surface area contributed by atoms with E-state index in [4.69, 9.17) is 74.7 Å². The number of aliphatic hydroxyl groups is 12. The molecule has 0 aliphatic heterocycles. The Hall–Kier alpha value is -3.84. The molecular formula is C52H100O26S. The summed E-state index contributed by atoms with van der Waals surface area (Å²) in [5.41, 5.74) is -1.68. The molecule has 12 N–H and O–H groups in total. The molecule has 0 aliphatic carbocycles. The third kappa shape index (κ3) is 46.5. The second-order valence-electron chi connectivity index (χ2n) is 19.9. The highest BCUT2D eigenvalue weighted by molar-refractivity contribution is 7.99. The minimum Gasteiger partial charge on any atom is -0.465 e. The number of hydrogen-bond acceptors (Lipinski definition) is 27. The fourth-order valence-corrected chi connectivity index (χ4v) is 4.71. The normalized spacial score (nSPS) is 14.6. The van der Waals surface area contributed by atoms with Crippen molar-refractivity contribution in [1.82, 2.24) is 0 Å². The van der Waals surface area contributed by atoms with E-state index in [0.29, 0.717) is 43.6 Å². The van der Waals surface area contributed by atoms with Crippen molar-refractivity contribution in [2.75, 3.05) is 90.8 Å². The molecule has 0 aromatic heterocycles. The lowest BCUT2D eigenvalue weighted by molar-refractivity contribution is -0.164. The van der Waals surface area contributed by atoms with Gasteiger partial charge in [0, 0.05) is 11.5 Å². The summed E-state index contributed by atoms with van der Waals surface area (Å²) in [5.74, 6) is -3.00. The van der Waals surface area contributed by atoms with Gasteiger partial charge >= 0.3 is 41.8 Å². The predicted molar refractivity (Wildman–Crippen MR) is 287 cm³/mol. The van der Waals surface area contributed by atoms with E-state index in [2.05, 4.69) is 9.47 Å². The lowest BCUT2D eigenvalue weighted by Gasteiger charge is -2.21. The first-order valence-electron chi connectivity index (χ1n) is 26.2. The number of esters is 7. The molecule has 0 bridgehead atoms. The maximum absolute atomic E-state index is 11.6. The van der Waals surface area contributed by atoms with Crippen LogP contribution in [0.5, 0.6) is 0 Å². The van der Waals surface area contributed by atoms with E-state index in [9.17, 15) is 43.8 Å². The van der Waals surface area contributed by atoms with Gasteiger partial charge in [-0.1, -0.05) is 48.5 Å². The number of carbonyl (C=O) groups excluding carboxylic acids is 7. The van der Waals surface area contributed by atoms with E-state index >= 15 is 0 Å². The van der Waals surface area contributed by atoms with Gasteiger partial charge in [0.1, 0.15) is 70.7 Å². The van der Waals surface area contributed by atoms with Crippen LogP contribution in [-0.2, 0) is 66.7 Å². The van der Waals surface area contributed by atoms with Crippen LogP contribution in [0.25, 0.3) is 0 Å². The molecule has 26 nitrogen and oxygen atoms in total. The van der Waals surface area contributed by atoms with Crippen molar-refractivity contribution in [3.63, 3.8) is 0 Å². The van der Waals surface area contributed by atoms with E-state index < -0.39 is 96.7 Å². The Balaban J connectivity index is -0.000000292. The quantitative estimate of drug-likeness (QED) is 0.0287. The molecule has 0 heterocycles. The third-order valence-electron chi connectivity index (χ3n) is 11.3. The van der Waals surface area contributed by atoms with Gasteiger partial charge in [0.2, 0.25) is 0 Å². The third-order valence-corrected chi connectivity index (χ3v) is 12.5. The highest BCUT2D eigenvalue weighted by Crippen LogP contribution is 2.23. The lowest BCUT2D eigenvalue weighted by Crippen LogP contribution is -2.33. The van der Waals surface area contributed by atoms with E-state index in [1.807, 2.05) is 34.6 Å². The van der Waals surface area contributed by atoms with E-state index in [-0.39, 0.29) is 102 Å². The first-order chi connectivity index (χ1) is 36.6. The van der Waals surface area contributed by atoms with Crippen LogP contribution in [0.2, 0.25) is 0 Å². The van der Waals surface area contributed by atoms with Gasteiger partial charge in [-0.2, -0.15) is 11.8 Å². The van der Waals surface area contributed by atoms with Crippen LogP contribution in [0.15, 0.2) is 0 Å². The second kappa shape index (κ2) is 48.8. The second-order valence-corrected chi connectivity index (χ2v) is 21.0. The Bertz CT molecular complexity index is 1610. The van der Waals surface area contributed by atoms with Crippen LogP contribution in [0, 0.1) is 28.1 Å². The van der Waals surface area contributed by atoms with Gasteiger partial charge in [0.25, 0.3) is 0 Å². The number of ether oxygens (including phenoxy) is 7. The molecule has 0 saturated carbocycles. The molecule has 0 aromatic rings. The SMILES string of the molecule is CCC(C)(C)C(=O)OCC(O)CO.CCC(C)(C)C(=O)OCC(O)COC(=O)C(O)CO.CCC(C)(C)C(=O)OCC(O)CSCC(O)CO.CCC(C)C(=O)OCC(O)CO.CCC(C)C(=O)OCCC(=O)OCC(O)CO. The van der Waals surface area contributed by atoms with Crippen LogP contribution in [0.1, 0.15) is 129 Å². The number of carbonyl (C=O) groups is 7. The Morgan fingerprint density at radius 2 is 0.696 bits per heavy atom. The maximum Gasteiger partial charge on any atom is 0.337 e. The van der Waals surface area contributed by atoms with Gasteiger partial charge in [-0.3, -0.25) is 28.8 Å². The lowest BCUT2D eigenvalue weighted by atomic mass is 9.91. The Labute approximate surface area is 470 Å². The molecule has 0 saturated heterocycles. The molecule has 470 valence electrons. The minimum atomic E-state index is -1.63. The minimum absolute atomic E-state index is 0.0305. The molecule has 0 fully saturated rings. The Morgan fingerprint density at radius 3 is 1.05 bits per heavy atom. The highest BCUT2D eigenvalue weighted by Gasteiger charge is 2.30. The fraction of sp³-hybridized carbons (Fsp3) is 0.865. The molecule has 0 aromatic carbocycles. The van der Waals surface area contributed by atoms with Crippen molar-refractivity contribution in [2.24, 2.45) is 28.1 Å². The summed E-state index contributed by atoms with van der Waals surface area (Å²) in [6, 6.07) is 0. The summed E-state index contributed by atoms with van der Waals surface area (Å²) in [6.07, 6.45) is -4.03. The van der Waals surface area contributed by atoms with E-state index in [0.717, 1.165) is 0 Å². The monoisotopic (exact) mass is 1170 g/mol. The van der Waals surface area contributed by atoms with Gasteiger partial charge in [0.05, 0.1) is 79.7 Å². The number of thioether (sulfide) groups is 1.